The van der Waals surface area contributed by atoms with Crippen LogP contribution in [0, 0.1) is 4.77 Å². The van der Waals surface area contributed by atoms with Crippen LogP contribution in [-0.4, -0.2) is 34.6 Å². The van der Waals surface area contributed by atoms with Crippen molar-refractivity contribution in [2.24, 2.45) is 0 Å². The molecule has 3 aromatic rings. The number of nitrogens with zero attached hydrogens (tertiary/aromatic N) is 1. The van der Waals surface area contributed by atoms with Gasteiger partial charge < -0.3 is 15.0 Å². The Kier molecular flexibility index (Phi) is 6.47. The summed E-state index contributed by atoms with van der Waals surface area (Å²) < 4.78 is 6.40. The van der Waals surface area contributed by atoms with Gasteiger partial charge in [-0.15, -0.1) is 0 Å². The summed E-state index contributed by atoms with van der Waals surface area (Å²) in [5, 5.41) is 3.34. The lowest BCUT2D eigenvalue weighted by Gasteiger charge is -2.12. The number of nitrogens with one attached hydrogen (secondary N) is 2. The molecule has 1 amide bonds. The highest BCUT2D eigenvalue weighted by Gasteiger charge is 2.12. The highest BCUT2D eigenvalue weighted by molar-refractivity contribution is 7.71. The van der Waals surface area contributed by atoms with Gasteiger partial charge in [0.25, 0.3) is 11.5 Å². The zero-order valence-corrected chi connectivity index (χ0v) is 17.8. The molecule has 0 aliphatic rings. The van der Waals surface area contributed by atoms with Gasteiger partial charge in [-0.05, 0) is 61.5 Å². The van der Waals surface area contributed by atoms with Gasteiger partial charge in [0.05, 0.1) is 30.1 Å². The molecular formula is C22H23N3O4S. The Morgan fingerprint density at radius 2 is 1.83 bits per heavy atom. The smallest absolute Gasteiger partial charge is 0.337 e. The van der Waals surface area contributed by atoms with E-state index >= 15 is 0 Å². The minimum atomic E-state index is -0.488. The second kappa shape index (κ2) is 9.04. The number of fused-ring (bicyclic) bond motifs is 1. The van der Waals surface area contributed by atoms with E-state index in [-0.39, 0.29) is 28.8 Å². The molecule has 0 saturated carbocycles. The zero-order valence-electron chi connectivity index (χ0n) is 17.0. The van der Waals surface area contributed by atoms with Crippen LogP contribution in [0.5, 0.6) is 0 Å². The van der Waals surface area contributed by atoms with Gasteiger partial charge in [-0.1, -0.05) is 19.1 Å². The van der Waals surface area contributed by atoms with Crippen LogP contribution in [0.1, 0.15) is 46.5 Å². The first-order chi connectivity index (χ1) is 14.3. The maximum Gasteiger partial charge on any atom is 0.337 e. The van der Waals surface area contributed by atoms with E-state index in [0.717, 1.165) is 12.0 Å². The third kappa shape index (κ3) is 4.49. The summed E-state index contributed by atoms with van der Waals surface area (Å²) in [5.41, 5.74) is 1.94. The van der Waals surface area contributed by atoms with E-state index in [1.807, 2.05) is 13.8 Å². The third-order valence-corrected chi connectivity index (χ3v) is 5.27. The lowest BCUT2D eigenvalue weighted by Crippen LogP contribution is -2.31. The molecular weight excluding hydrogens is 402 g/mol. The van der Waals surface area contributed by atoms with Crippen molar-refractivity contribution in [3.05, 3.63) is 74.3 Å². The molecule has 1 unspecified atom stereocenters. The Balaban J connectivity index is 1.89. The van der Waals surface area contributed by atoms with Gasteiger partial charge in [-0.3, -0.25) is 14.2 Å². The molecule has 7 nitrogen and oxygen atoms in total. The Morgan fingerprint density at radius 1 is 1.17 bits per heavy atom. The number of amides is 1. The van der Waals surface area contributed by atoms with Crippen molar-refractivity contribution in [1.29, 1.82) is 0 Å². The second-order valence-electron chi connectivity index (χ2n) is 7.05. The average molecular weight is 426 g/mol. The number of ether oxygens (including phenoxy) is 1. The molecule has 0 spiro atoms. The molecule has 2 N–H and O–H groups in total. The van der Waals surface area contributed by atoms with Crippen molar-refractivity contribution in [1.82, 2.24) is 14.9 Å². The van der Waals surface area contributed by atoms with Crippen LogP contribution in [0.15, 0.2) is 47.3 Å². The highest BCUT2D eigenvalue weighted by Crippen LogP contribution is 2.13. The number of methoxy groups -OCH3 is 1. The minimum Gasteiger partial charge on any atom is -0.465 e. The van der Waals surface area contributed by atoms with Crippen LogP contribution in [-0.2, 0) is 11.3 Å². The number of esters is 1. The normalized spacial score (nSPS) is 11.8. The highest BCUT2D eigenvalue weighted by atomic mass is 32.1. The molecule has 2 aromatic carbocycles. The van der Waals surface area contributed by atoms with Gasteiger partial charge >= 0.3 is 5.97 Å². The zero-order chi connectivity index (χ0) is 21.8. The van der Waals surface area contributed by atoms with E-state index < -0.39 is 5.97 Å². The quantitative estimate of drug-likeness (QED) is 0.466. The molecule has 1 aromatic heterocycles. The molecule has 156 valence electrons. The maximum absolute atomic E-state index is 12.9. The summed E-state index contributed by atoms with van der Waals surface area (Å²) in [4.78, 5) is 39.9. The molecule has 0 aliphatic carbocycles. The van der Waals surface area contributed by atoms with E-state index in [2.05, 4.69) is 10.3 Å². The molecule has 8 heteroatoms. The Bertz CT molecular complexity index is 1210. The fourth-order valence-electron chi connectivity index (χ4n) is 3.00. The first-order valence-corrected chi connectivity index (χ1v) is 9.99. The van der Waals surface area contributed by atoms with E-state index in [1.54, 1.807) is 42.5 Å². The van der Waals surface area contributed by atoms with Crippen molar-refractivity contribution in [2.75, 3.05) is 7.11 Å². The molecule has 0 radical (unpaired) electrons. The molecule has 0 bridgehead atoms. The Labute approximate surface area is 178 Å². The number of benzene rings is 2. The van der Waals surface area contributed by atoms with Crippen molar-refractivity contribution in [3.8, 4) is 0 Å². The topological polar surface area (TPSA) is 93.2 Å². The van der Waals surface area contributed by atoms with Crippen molar-refractivity contribution >= 4 is 35.0 Å². The van der Waals surface area contributed by atoms with Crippen LogP contribution in [0.25, 0.3) is 10.9 Å². The van der Waals surface area contributed by atoms with Gasteiger partial charge in [0, 0.05) is 11.6 Å². The van der Waals surface area contributed by atoms with Crippen LogP contribution in [0.2, 0.25) is 0 Å². The van der Waals surface area contributed by atoms with Crippen molar-refractivity contribution in [2.45, 2.75) is 32.9 Å². The van der Waals surface area contributed by atoms with E-state index in [4.69, 9.17) is 17.0 Å². The van der Waals surface area contributed by atoms with Crippen LogP contribution >= 0.6 is 12.2 Å². The van der Waals surface area contributed by atoms with E-state index in [0.29, 0.717) is 22.0 Å². The predicted octanol–water partition coefficient (Wildman–Crippen LogP) is 3.42. The first-order valence-electron chi connectivity index (χ1n) is 9.59. The molecule has 0 fully saturated rings. The number of hydrogen-bond donors (Lipinski definition) is 2. The van der Waals surface area contributed by atoms with E-state index in [1.165, 1.54) is 11.7 Å². The molecule has 30 heavy (non-hydrogen) atoms. The fraction of sp³-hybridized carbons (Fsp3) is 0.273. The van der Waals surface area contributed by atoms with Gasteiger partial charge in [-0.2, -0.15) is 0 Å². The van der Waals surface area contributed by atoms with Gasteiger partial charge in [-0.25, -0.2) is 4.79 Å². The summed E-state index contributed by atoms with van der Waals surface area (Å²) in [7, 11) is 1.30. The van der Waals surface area contributed by atoms with Gasteiger partial charge in [0.2, 0.25) is 0 Å². The van der Waals surface area contributed by atoms with Crippen LogP contribution in [0.3, 0.4) is 0 Å². The van der Waals surface area contributed by atoms with Crippen molar-refractivity contribution < 1.29 is 14.3 Å². The predicted molar refractivity (Wildman–Crippen MR) is 117 cm³/mol. The van der Waals surface area contributed by atoms with Crippen LogP contribution in [0.4, 0.5) is 0 Å². The summed E-state index contributed by atoms with van der Waals surface area (Å²) in [6.45, 7) is 4.22. The first kappa shape index (κ1) is 21.4. The SMILES string of the molecule is CCC(C)NC(=O)c1ccc(Cn2c(=S)[nH]c3cc(C(=O)OC)ccc3c2=O)cc1. The number of H-pyrrole nitrogens is 1. The average Bonchev–Trinajstić information content (AvgIpc) is 2.75. The summed E-state index contributed by atoms with van der Waals surface area (Å²) in [6, 6.07) is 11.8. The largest absolute Gasteiger partial charge is 0.465 e. The molecule has 0 aliphatic heterocycles. The second-order valence-corrected chi connectivity index (χ2v) is 7.44. The fourth-order valence-corrected chi connectivity index (χ4v) is 3.25. The molecule has 0 saturated heterocycles. The summed E-state index contributed by atoms with van der Waals surface area (Å²) in [6.07, 6.45) is 0.855. The van der Waals surface area contributed by atoms with Crippen molar-refractivity contribution in [3.63, 3.8) is 0 Å². The molecule has 3 rings (SSSR count). The number of carbonyl (C=O) groups is 2. The summed E-state index contributed by atoms with van der Waals surface area (Å²) in [5.74, 6) is -0.615. The minimum absolute atomic E-state index is 0.103. The third-order valence-electron chi connectivity index (χ3n) is 4.95. The standard InChI is InChI=1S/C22H23N3O4S/c1-4-13(2)23-19(26)15-7-5-14(6-8-15)12-25-20(27)17-10-9-16(21(28)29-3)11-18(17)24-22(25)30/h5-11,13H,4,12H2,1-3H3,(H,23,26)(H,24,30). The maximum atomic E-state index is 12.9. The van der Waals surface area contributed by atoms with Crippen LogP contribution < -0.4 is 10.9 Å². The molecule has 1 atom stereocenters. The Morgan fingerprint density at radius 3 is 2.47 bits per heavy atom. The lowest BCUT2D eigenvalue weighted by atomic mass is 10.1. The number of aromatic amines is 1. The number of carbonyl (C=O) groups excluding carboxylic acids is 2. The Hall–Kier alpha value is -3.26. The number of hydrogen-bond acceptors (Lipinski definition) is 5. The number of rotatable bonds is 6. The van der Waals surface area contributed by atoms with E-state index in [9.17, 15) is 14.4 Å². The molecule has 1 heterocycles. The summed E-state index contributed by atoms with van der Waals surface area (Å²) >= 11 is 5.36. The number of aromatic nitrogens is 2. The monoisotopic (exact) mass is 425 g/mol. The van der Waals surface area contributed by atoms with Gasteiger partial charge in [0.1, 0.15) is 0 Å². The van der Waals surface area contributed by atoms with Gasteiger partial charge in [0.15, 0.2) is 4.77 Å². The lowest BCUT2D eigenvalue weighted by molar-refractivity contribution is 0.0600.